The highest BCUT2D eigenvalue weighted by Gasteiger charge is 2.27. The third-order valence-electron chi connectivity index (χ3n) is 6.68. The molecule has 35 heavy (non-hydrogen) atoms. The van der Waals surface area contributed by atoms with Crippen molar-refractivity contribution < 1.29 is 19.1 Å². The average molecular weight is 482 g/mol. The fourth-order valence-corrected chi connectivity index (χ4v) is 4.38. The predicted molar refractivity (Wildman–Crippen MR) is 139 cm³/mol. The van der Waals surface area contributed by atoms with Gasteiger partial charge in [-0.1, -0.05) is 44.2 Å². The van der Waals surface area contributed by atoms with Crippen LogP contribution in [0.3, 0.4) is 0 Å². The van der Waals surface area contributed by atoms with Gasteiger partial charge in [-0.15, -0.1) is 0 Å². The second kappa shape index (κ2) is 13.7. The number of nitrogens with one attached hydrogen (secondary N) is 1. The molecule has 0 aliphatic carbocycles. The fraction of sp³-hybridized carbons (Fsp3) is 0.500. The summed E-state index contributed by atoms with van der Waals surface area (Å²) in [4.78, 5) is 29.7. The van der Waals surface area contributed by atoms with Gasteiger partial charge in [-0.05, 0) is 50.0 Å². The van der Waals surface area contributed by atoms with E-state index in [2.05, 4.69) is 24.1 Å². The number of nitrogens with zero attached hydrogens (tertiary/aromatic N) is 2. The molecule has 0 saturated carbocycles. The Morgan fingerprint density at radius 2 is 1.74 bits per heavy atom. The number of ether oxygens (including phenoxy) is 2. The largest absolute Gasteiger partial charge is 0.493 e. The number of rotatable bonds is 12. The molecule has 7 nitrogen and oxygen atoms in total. The quantitative estimate of drug-likeness (QED) is 0.491. The van der Waals surface area contributed by atoms with E-state index in [-0.39, 0.29) is 17.7 Å². The number of benzene rings is 2. The monoisotopic (exact) mass is 481 g/mol. The first-order valence-electron chi connectivity index (χ1n) is 12.7. The number of amides is 2. The zero-order valence-corrected chi connectivity index (χ0v) is 21.3. The Morgan fingerprint density at radius 3 is 2.40 bits per heavy atom. The molecule has 0 unspecified atom stereocenters. The maximum absolute atomic E-state index is 12.9. The molecule has 1 fully saturated rings. The Labute approximate surface area is 209 Å². The van der Waals surface area contributed by atoms with Crippen molar-refractivity contribution in [1.29, 1.82) is 0 Å². The molecule has 1 heterocycles. The van der Waals surface area contributed by atoms with Gasteiger partial charge >= 0.3 is 0 Å². The average Bonchev–Trinajstić information content (AvgIpc) is 2.90. The van der Waals surface area contributed by atoms with Crippen molar-refractivity contribution in [3.63, 3.8) is 0 Å². The number of likely N-dealkylation sites (tertiary alicyclic amines) is 1. The fourth-order valence-electron chi connectivity index (χ4n) is 4.38. The van der Waals surface area contributed by atoms with Crippen LogP contribution in [0.1, 0.15) is 38.7 Å². The zero-order chi connectivity index (χ0) is 25.0. The van der Waals surface area contributed by atoms with Crippen LogP contribution in [0.25, 0.3) is 0 Å². The van der Waals surface area contributed by atoms with Crippen molar-refractivity contribution in [2.45, 2.75) is 39.5 Å². The lowest BCUT2D eigenvalue weighted by Gasteiger charge is -2.31. The smallest absolute Gasteiger partial charge is 0.227 e. The summed E-state index contributed by atoms with van der Waals surface area (Å²) in [5, 5.41) is 3.03. The van der Waals surface area contributed by atoms with Gasteiger partial charge in [0.05, 0.1) is 7.11 Å². The highest BCUT2D eigenvalue weighted by Crippen LogP contribution is 2.31. The molecule has 1 aliphatic rings. The lowest BCUT2D eigenvalue weighted by molar-refractivity contribution is -0.134. The summed E-state index contributed by atoms with van der Waals surface area (Å²) in [6.45, 7) is 8.83. The number of piperidine rings is 1. The Morgan fingerprint density at radius 1 is 1.03 bits per heavy atom. The molecular weight excluding hydrogens is 442 g/mol. The molecule has 2 aromatic rings. The maximum Gasteiger partial charge on any atom is 0.227 e. The van der Waals surface area contributed by atoms with Crippen molar-refractivity contribution in [3.8, 4) is 11.5 Å². The van der Waals surface area contributed by atoms with Gasteiger partial charge in [0, 0.05) is 43.7 Å². The van der Waals surface area contributed by atoms with Gasteiger partial charge in [0.25, 0.3) is 0 Å². The Balaban J connectivity index is 1.47. The van der Waals surface area contributed by atoms with E-state index in [1.165, 1.54) is 5.56 Å². The highest BCUT2D eigenvalue weighted by atomic mass is 16.5. The number of anilines is 1. The number of likely N-dealkylation sites (N-methyl/N-ethyl adjacent to an activating group) is 1. The molecule has 2 amide bonds. The standard InChI is InChI=1S/C28H39N3O4/c1-4-30(5-2)19-20-35-26-21-24(12-13-25(26)34-3)29-28(33)23-15-17-31(18-16-23)27(32)14-11-22-9-7-6-8-10-22/h6-10,12-13,21,23H,4-5,11,14-20H2,1-3H3,(H,29,33). The first-order valence-corrected chi connectivity index (χ1v) is 12.7. The third kappa shape index (κ3) is 7.99. The van der Waals surface area contributed by atoms with E-state index in [1.54, 1.807) is 7.11 Å². The van der Waals surface area contributed by atoms with Crippen molar-refractivity contribution in [3.05, 3.63) is 54.1 Å². The molecule has 0 bridgehead atoms. The summed E-state index contributed by atoms with van der Waals surface area (Å²) in [5.41, 5.74) is 1.86. The normalized spacial score (nSPS) is 14.1. The molecule has 0 aromatic heterocycles. The minimum atomic E-state index is -0.109. The molecular formula is C28H39N3O4. The van der Waals surface area contributed by atoms with Crippen LogP contribution in [0.2, 0.25) is 0 Å². The molecule has 190 valence electrons. The SMILES string of the molecule is CCN(CC)CCOc1cc(NC(=O)C2CCN(C(=O)CCc3ccccc3)CC2)ccc1OC. The van der Waals surface area contributed by atoms with Gasteiger partial charge in [0.2, 0.25) is 11.8 Å². The molecule has 3 rings (SSSR count). The lowest BCUT2D eigenvalue weighted by Crippen LogP contribution is -2.41. The number of aryl methyl sites for hydroxylation is 1. The van der Waals surface area contributed by atoms with E-state index in [4.69, 9.17) is 9.47 Å². The van der Waals surface area contributed by atoms with Crippen molar-refractivity contribution in [1.82, 2.24) is 9.80 Å². The molecule has 0 radical (unpaired) electrons. The maximum atomic E-state index is 12.9. The Hall–Kier alpha value is -3.06. The van der Waals surface area contributed by atoms with Crippen LogP contribution in [-0.4, -0.2) is 68.1 Å². The van der Waals surface area contributed by atoms with E-state index >= 15 is 0 Å². The van der Waals surface area contributed by atoms with Crippen LogP contribution in [0.4, 0.5) is 5.69 Å². The lowest BCUT2D eigenvalue weighted by atomic mass is 9.95. The second-order valence-corrected chi connectivity index (χ2v) is 8.87. The molecule has 1 saturated heterocycles. The molecule has 0 atom stereocenters. The molecule has 0 spiro atoms. The zero-order valence-electron chi connectivity index (χ0n) is 21.3. The van der Waals surface area contributed by atoms with Gasteiger partial charge in [0.15, 0.2) is 11.5 Å². The van der Waals surface area contributed by atoms with E-state index in [0.29, 0.717) is 56.1 Å². The first kappa shape index (κ1) is 26.5. The van der Waals surface area contributed by atoms with Crippen LogP contribution >= 0.6 is 0 Å². The molecule has 1 aliphatic heterocycles. The number of methoxy groups -OCH3 is 1. The van der Waals surface area contributed by atoms with Gasteiger partial charge in [-0.25, -0.2) is 0 Å². The third-order valence-corrected chi connectivity index (χ3v) is 6.68. The summed E-state index contributed by atoms with van der Waals surface area (Å²) in [7, 11) is 1.61. The van der Waals surface area contributed by atoms with Gasteiger partial charge in [0.1, 0.15) is 6.61 Å². The van der Waals surface area contributed by atoms with Gasteiger partial charge in [-0.2, -0.15) is 0 Å². The van der Waals surface area contributed by atoms with Crippen LogP contribution in [-0.2, 0) is 16.0 Å². The van der Waals surface area contributed by atoms with Gasteiger partial charge in [-0.3, -0.25) is 9.59 Å². The van der Waals surface area contributed by atoms with Crippen LogP contribution in [0.15, 0.2) is 48.5 Å². The van der Waals surface area contributed by atoms with Crippen molar-refractivity contribution in [2.75, 3.05) is 51.8 Å². The number of carbonyl (C=O) groups is 2. The molecule has 7 heteroatoms. The topological polar surface area (TPSA) is 71.1 Å². The Bertz CT molecular complexity index is 938. The van der Waals surface area contributed by atoms with Crippen molar-refractivity contribution in [2.24, 2.45) is 5.92 Å². The summed E-state index contributed by atoms with van der Waals surface area (Å²) >= 11 is 0. The summed E-state index contributed by atoms with van der Waals surface area (Å²) in [6, 6.07) is 15.5. The van der Waals surface area contributed by atoms with E-state index in [1.807, 2.05) is 53.4 Å². The van der Waals surface area contributed by atoms with E-state index < -0.39 is 0 Å². The second-order valence-electron chi connectivity index (χ2n) is 8.87. The van der Waals surface area contributed by atoms with Gasteiger partial charge < -0.3 is 24.6 Å². The Kier molecular flexibility index (Phi) is 10.4. The number of hydrogen-bond acceptors (Lipinski definition) is 5. The first-order chi connectivity index (χ1) is 17.0. The molecule has 2 aromatic carbocycles. The highest BCUT2D eigenvalue weighted by molar-refractivity contribution is 5.93. The van der Waals surface area contributed by atoms with E-state index in [0.717, 1.165) is 26.1 Å². The van der Waals surface area contributed by atoms with Crippen molar-refractivity contribution >= 4 is 17.5 Å². The van der Waals surface area contributed by atoms with Crippen LogP contribution in [0, 0.1) is 5.92 Å². The summed E-state index contributed by atoms with van der Waals surface area (Å²) in [6.07, 6.45) is 2.60. The summed E-state index contributed by atoms with van der Waals surface area (Å²) in [5.74, 6) is 1.30. The van der Waals surface area contributed by atoms with Crippen LogP contribution in [0.5, 0.6) is 11.5 Å². The minimum absolute atomic E-state index is 0.0133. The molecule has 1 N–H and O–H groups in total. The summed E-state index contributed by atoms with van der Waals surface area (Å²) < 4.78 is 11.4. The number of hydrogen-bond donors (Lipinski definition) is 1. The number of carbonyl (C=O) groups excluding carboxylic acids is 2. The van der Waals surface area contributed by atoms with E-state index in [9.17, 15) is 9.59 Å². The predicted octanol–water partition coefficient (Wildman–Crippen LogP) is 4.23. The van der Waals surface area contributed by atoms with Crippen LogP contribution < -0.4 is 14.8 Å². The minimum Gasteiger partial charge on any atom is -0.493 e.